The minimum absolute atomic E-state index is 0.176. The van der Waals surface area contributed by atoms with E-state index >= 15 is 0 Å². The van der Waals surface area contributed by atoms with Crippen LogP contribution in [0.4, 0.5) is 0 Å². The topological polar surface area (TPSA) is 112 Å². The summed E-state index contributed by atoms with van der Waals surface area (Å²) >= 11 is 0. The van der Waals surface area contributed by atoms with E-state index in [2.05, 4.69) is 25.4 Å². The van der Waals surface area contributed by atoms with E-state index in [1.165, 1.54) is 0 Å². The Kier molecular flexibility index (Phi) is 3.19. The molecule has 0 aromatic carbocycles. The molecule has 0 atom stereocenters. The van der Waals surface area contributed by atoms with Crippen LogP contribution in [0.3, 0.4) is 0 Å². The van der Waals surface area contributed by atoms with Gasteiger partial charge in [-0.3, -0.25) is 9.97 Å². The summed E-state index contributed by atoms with van der Waals surface area (Å²) in [4.78, 5) is 15.4. The molecule has 2 aromatic rings. The first-order chi connectivity index (χ1) is 6.30. The number of carbonyl (C=O) groups excluding carboxylic acids is 1. The second kappa shape index (κ2) is 4.65. The first kappa shape index (κ1) is 8.91. The molecular formula is C6H7N5O2. The highest BCUT2D eigenvalue weighted by Gasteiger charge is 1.91. The molecular weight excluding hydrogens is 174 g/mol. The third-order valence-electron chi connectivity index (χ3n) is 1.07. The monoisotopic (exact) mass is 181 g/mol. The lowest BCUT2D eigenvalue weighted by Gasteiger charge is -1.88. The van der Waals surface area contributed by atoms with Crippen molar-refractivity contribution in [3.05, 3.63) is 30.6 Å². The van der Waals surface area contributed by atoms with Gasteiger partial charge in [-0.05, 0) is 0 Å². The number of carbonyl (C=O) groups is 1. The zero-order valence-electron chi connectivity index (χ0n) is 6.52. The molecule has 2 heterocycles. The van der Waals surface area contributed by atoms with Gasteiger partial charge < -0.3 is 9.90 Å². The molecule has 0 aliphatic rings. The molecule has 2 aromatic heterocycles. The van der Waals surface area contributed by atoms with Crippen LogP contribution in [0.1, 0.15) is 10.5 Å². The maximum absolute atomic E-state index is 9.83. The Balaban J connectivity index is 0.000000145. The maximum atomic E-state index is 9.83. The second-order valence-electron chi connectivity index (χ2n) is 1.95. The minimum atomic E-state index is -1.32. The van der Waals surface area contributed by atoms with E-state index < -0.39 is 5.97 Å². The van der Waals surface area contributed by atoms with Crippen LogP contribution in [0.5, 0.6) is 0 Å². The van der Waals surface area contributed by atoms with E-state index in [1.54, 1.807) is 6.33 Å². The summed E-state index contributed by atoms with van der Waals surface area (Å²) in [5.74, 6) is -1.32. The van der Waals surface area contributed by atoms with Crippen molar-refractivity contribution in [1.29, 1.82) is 0 Å². The fourth-order valence-electron chi connectivity index (χ4n) is 0.541. The summed E-state index contributed by atoms with van der Waals surface area (Å²) in [5.41, 5.74) is -0.176. The fraction of sp³-hybridized carbons (Fsp3) is 0. The minimum Gasteiger partial charge on any atom is -0.543 e. The second-order valence-corrected chi connectivity index (χ2v) is 1.95. The predicted octanol–water partition coefficient (Wildman–Crippen LogP) is -2.00. The van der Waals surface area contributed by atoms with Crippen LogP contribution in [-0.2, 0) is 0 Å². The first-order valence-corrected chi connectivity index (χ1v) is 3.36. The van der Waals surface area contributed by atoms with Crippen molar-refractivity contribution in [2.24, 2.45) is 0 Å². The Morgan fingerprint density at radius 2 is 2.46 bits per heavy atom. The van der Waals surface area contributed by atoms with E-state index in [0.29, 0.717) is 0 Å². The van der Waals surface area contributed by atoms with Crippen molar-refractivity contribution < 1.29 is 14.9 Å². The van der Waals surface area contributed by atoms with Crippen LogP contribution >= 0.6 is 0 Å². The van der Waals surface area contributed by atoms with Gasteiger partial charge in [-0.2, -0.15) is 15.4 Å². The summed E-state index contributed by atoms with van der Waals surface area (Å²) in [6, 6.07) is 0. The number of hydrogen-bond acceptors (Lipinski definition) is 4. The van der Waals surface area contributed by atoms with Gasteiger partial charge in [-0.15, -0.1) is 0 Å². The lowest BCUT2D eigenvalue weighted by molar-refractivity contribution is -0.375. The van der Waals surface area contributed by atoms with Crippen molar-refractivity contribution in [3.63, 3.8) is 0 Å². The summed E-state index contributed by atoms with van der Waals surface area (Å²) < 4.78 is 0. The summed E-state index contributed by atoms with van der Waals surface area (Å²) in [7, 11) is 0. The molecule has 0 amide bonds. The number of hydrogen-bond donors (Lipinski definition) is 2. The van der Waals surface area contributed by atoms with Crippen LogP contribution in [0.15, 0.2) is 24.9 Å². The zero-order valence-corrected chi connectivity index (χ0v) is 6.52. The number of nitrogens with one attached hydrogen (secondary N) is 3. The molecule has 7 heteroatoms. The first-order valence-electron chi connectivity index (χ1n) is 3.36. The molecule has 7 nitrogen and oxygen atoms in total. The Bertz CT molecular complexity index is 311. The molecule has 0 spiro atoms. The van der Waals surface area contributed by atoms with Crippen molar-refractivity contribution in [2.75, 3.05) is 0 Å². The maximum Gasteiger partial charge on any atom is 0.239 e. The lowest BCUT2D eigenvalue weighted by atomic mass is 10.5. The highest BCUT2D eigenvalue weighted by Crippen LogP contribution is 1.81. The van der Waals surface area contributed by atoms with Crippen molar-refractivity contribution >= 4 is 5.97 Å². The Hall–Kier alpha value is -2.18. The molecule has 13 heavy (non-hydrogen) atoms. The summed E-state index contributed by atoms with van der Waals surface area (Å²) in [5, 5.41) is 18.4. The molecule has 0 radical (unpaired) electrons. The van der Waals surface area contributed by atoms with Crippen molar-refractivity contribution in [3.8, 4) is 0 Å². The van der Waals surface area contributed by atoms with Gasteiger partial charge >= 0.3 is 0 Å². The predicted molar refractivity (Wildman–Crippen MR) is 38.1 cm³/mol. The molecule has 2 rings (SSSR count). The number of nitrogens with zero attached hydrogens (tertiary/aromatic N) is 2. The van der Waals surface area contributed by atoms with Gasteiger partial charge in [-0.1, -0.05) is 0 Å². The summed E-state index contributed by atoms with van der Waals surface area (Å²) in [6.07, 6.45) is 6.47. The van der Waals surface area contributed by atoms with Gasteiger partial charge in [0.25, 0.3) is 0 Å². The van der Waals surface area contributed by atoms with E-state index in [0.717, 1.165) is 6.20 Å². The average Bonchev–Trinajstić information content (AvgIpc) is 2.82. The van der Waals surface area contributed by atoms with Gasteiger partial charge in [0.05, 0.1) is 12.2 Å². The normalized spacial score (nSPS) is 8.62. The smallest absolute Gasteiger partial charge is 0.239 e. The van der Waals surface area contributed by atoms with Gasteiger partial charge in [0.1, 0.15) is 18.1 Å². The number of aromatic carboxylic acids is 1. The molecule has 0 aliphatic heterocycles. The molecule has 0 saturated carbocycles. The number of carboxylic acid groups (broad SMARTS) is 1. The average molecular weight is 181 g/mol. The van der Waals surface area contributed by atoms with Gasteiger partial charge in [-0.25, -0.2) is 0 Å². The number of aromatic nitrogens is 5. The molecule has 0 bridgehead atoms. The van der Waals surface area contributed by atoms with Crippen molar-refractivity contribution in [1.82, 2.24) is 20.4 Å². The molecule has 68 valence electrons. The Morgan fingerprint density at radius 1 is 1.62 bits per heavy atom. The van der Waals surface area contributed by atoms with E-state index in [9.17, 15) is 9.90 Å². The molecule has 0 saturated heterocycles. The van der Waals surface area contributed by atoms with Crippen LogP contribution in [0.25, 0.3) is 0 Å². The van der Waals surface area contributed by atoms with Gasteiger partial charge in [0.15, 0.2) is 0 Å². The highest BCUT2D eigenvalue weighted by molar-refractivity contribution is 5.82. The number of imidazole rings is 1. The van der Waals surface area contributed by atoms with Crippen molar-refractivity contribution in [2.45, 2.75) is 0 Å². The van der Waals surface area contributed by atoms with Crippen LogP contribution in [0, 0.1) is 0 Å². The van der Waals surface area contributed by atoms with Crippen LogP contribution < -0.4 is 10.1 Å². The standard InChI is InChI=1S/C3H3N3O2.C3H4N2/c7-3(8)2-1-4-6-5-2;1-2-5-3-4-1/h1H,(H,7,8)(H,4,5,6);1-3H,(H,4,5). The van der Waals surface area contributed by atoms with Crippen LogP contribution in [0.2, 0.25) is 0 Å². The fourth-order valence-corrected chi connectivity index (χ4v) is 0.541. The lowest BCUT2D eigenvalue weighted by Crippen LogP contribution is -2.22. The van der Waals surface area contributed by atoms with Crippen LogP contribution in [-0.4, -0.2) is 26.4 Å². The zero-order chi connectivity index (χ0) is 9.52. The highest BCUT2D eigenvalue weighted by atomic mass is 16.4. The molecule has 3 N–H and O–H groups in total. The third-order valence-corrected chi connectivity index (χ3v) is 1.07. The Morgan fingerprint density at radius 3 is 2.69 bits per heavy atom. The molecule has 0 fully saturated rings. The van der Waals surface area contributed by atoms with Gasteiger partial charge in [0.2, 0.25) is 6.33 Å². The molecule has 0 unspecified atom stereocenters. The number of aromatic amines is 3. The largest absolute Gasteiger partial charge is 0.543 e. The number of rotatable bonds is 1. The SMILES string of the molecule is O=C([O-])c1cn[nH]n1.c1c[nH+]c[nH]1. The summed E-state index contributed by atoms with van der Waals surface area (Å²) in [6.45, 7) is 0. The number of H-pyrrole nitrogens is 3. The van der Waals surface area contributed by atoms with E-state index in [4.69, 9.17) is 0 Å². The third kappa shape index (κ3) is 3.14. The van der Waals surface area contributed by atoms with E-state index in [1.807, 2.05) is 12.4 Å². The molecule has 0 aliphatic carbocycles. The van der Waals surface area contributed by atoms with Gasteiger partial charge in [0, 0.05) is 0 Å². The number of carboxylic acids is 1. The quantitative estimate of drug-likeness (QED) is 0.529. The van der Waals surface area contributed by atoms with E-state index in [-0.39, 0.29) is 5.69 Å². The Labute approximate surface area is 72.8 Å².